The second-order valence-corrected chi connectivity index (χ2v) is 4.14. The van der Waals surface area contributed by atoms with E-state index in [1.54, 1.807) is 0 Å². The Morgan fingerprint density at radius 1 is 1.42 bits per heavy atom. The van der Waals surface area contributed by atoms with E-state index in [1.807, 2.05) is 26.0 Å². The number of rotatable bonds is 1. The van der Waals surface area contributed by atoms with Crippen LogP contribution in [0.5, 0.6) is 0 Å². The fraction of sp³-hybridized carbons (Fsp3) is 0.222. The Balaban J connectivity index is 3.37. The first-order chi connectivity index (χ1) is 5.52. The van der Waals surface area contributed by atoms with Crippen LogP contribution in [0.3, 0.4) is 0 Å². The third-order valence-corrected chi connectivity index (χ3v) is 3.25. The van der Waals surface area contributed by atoms with Gasteiger partial charge in [-0.25, -0.2) is 0 Å². The van der Waals surface area contributed by atoms with Crippen LogP contribution in [0.4, 0.5) is 0 Å². The molecule has 0 aromatic heterocycles. The van der Waals surface area contributed by atoms with Crippen LogP contribution in [0.15, 0.2) is 12.1 Å². The molecule has 0 N–H and O–H groups in total. The molecule has 12 heavy (non-hydrogen) atoms. The molecule has 0 bridgehead atoms. The van der Waals surface area contributed by atoms with Crippen molar-refractivity contribution in [3.63, 3.8) is 0 Å². The average Bonchev–Trinajstić information content (AvgIpc) is 1.96. The summed E-state index contributed by atoms with van der Waals surface area (Å²) in [6, 6.07) is 3.84. The molecule has 0 aliphatic carbocycles. The summed E-state index contributed by atoms with van der Waals surface area (Å²) >= 11 is 7.54. The average molecular weight is 295 g/mol. The van der Waals surface area contributed by atoms with Gasteiger partial charge in [-0.2, -0.15) is 0 Å². The van der Waals surface area contributed by atoms with Crippen molar-refractivity contribution in [1.82, 2.24) is 0 Å². The number of aryl methyl sites for hydroxylation is 2. The molecule has 0 radical (unpaired) electrons. The van der Waals surface area contributed by atoms with Gasteiger partial charge in [0.25, 0.3) is 5.24 Å². The molecule has 0 aliphatic rings. The Morgan fingerprint density at radius 3 is 2.50 bits per heavy atom. The number of hydrogen-bond acceptors (Lipinski definition) is 1. The van der Waals surface area contributed by atoms with Crippen molar-refractivity contribution in [3.8, 4) is 0 Å². The molecule has 3 heteroatoms. The van der Waals surface area contributed by atoms with Crippen molar-refractivity contribution in [2.75, 3.05) is 0 Å². The van der Waals surface area contributed by atoms with Gasteiger partial charge in [0.1, 0.15) is 0 Å². The van der Waals surface area contributed by atoms with Crippen LogP contribution in [-0.2, 0) is 0 Å². The van der Waals surface area contributed by atoms with Gasteiger partial charge >= 0.3 is 0 Å². The molecule has 0 saturated heterocycles. The first kappa shape index (κ1) is 9.99. The summed E-state index contributed by atoms with van der Waals surface area (Å²) in [6.07, 6.45) is 0. The van der Waals surface area contributed by atoms with E-state index >= 15 is 0 Å². The Kier molecular flexibility index (Phi) is 3.12. The second-order valence-electron chi connectivity index (χ2n) is 2.72. The lowest BCUT2D eigenvalue weighted by atomic mass is 10.1. The quantitative estimate of drug-likeness (QED) is 0.574. The van der Waals surface area contributed by atoms with Gasteiger partial charge in [0.15, 0.2) is 0 Å². The Labute approximate surface area is 90.3 Å². The highest BCUT2D eigenvalue weighted by atomic mass is 127. The maximum absolute atomic E-state index is 10.9. The molecule has 0 atom stereocenters. The first-order valence-electron chi connectivity index (χ1n) is 3.49. The summed E-state index contributed by atoms with van der Waals surface area (Å²) in [4.78, 5) is 10.9. The van der Waals surface area contributed by atoms with Gasteiger partial charge in [-0.15, -0.1) is 0 Å². The molecular weight excluding hydrogens is 286 g/mol. The zero-order valence-corrected chi connectivity index (χ0v) is 9.73. The molecule has 0 spiro atoms. The van der Waals surface area contributed by atoms with Crippen molar-refractivity contribution >= 4 is 39.4 Å². The molecule has 0 saturated carbocycles. The molecule has 0 amide bonds. The van der Waals surface area contributed by atoms with Crippen molar-refractivity contribution in [2.45, 2.75) is 13.8 Å². The Bertz CT molecular complexity index is 334. The lowest BCUT2D eigenvalue weighted by Gasteiger charge is -2.04. The predicted octanol–water partition coefficient (Wildman–Crippen LogP) is 3.29. The van der Waals surface area contributed by atoms with Crippen LogP contribution in [0.1, 0.15) is 21.5 Å². The predicted molar refractivity (Wildman–Crippen MR) is 58.8 cm³/mol. The van der Waals surface area contributed by atoms with Crippen LogP contribution in [0.25, 0.3) is 0 Å². The number of hydrogen-bond donors (Lipinski definition) is 0. The van der Waals surface area contributed by atoms with Crippen LogP contribution in [0, 0.1) is 17.4 Å². The van der Waals surface area contributed by atoms with E-state index in [2.05, 4.69) is 22.6 Å². The van der Waals surface area contributed by atoms with Gasteiger partial charge in [0.05, 0.1) is 0 Å². The van der Waals surface area contributed by atoms with Gasteiger partial charge in [-0.05, 0) is 59.7 Å². The van der Waals surface area contributed by atoms with E-state index in [0.29, 0.717) is 5.56 Å². The number of halogens is 2. The summed E-state index contributed by atoms with van der Waals surface area (Å²) in [6.45, 7) is 3.92. The van der Waals surface area contributed by atoms with E-state index in [0.717, 1.165) is 14.7 Å². The van der Waals surface area contributed by atoms with E-state index < -0.39 is 0 Å². The summed E-state index contributed by atoms with van der Waals surface area (Å²) < 4.78 is 0.943. The molecule has 0 unspecified atom stereocenters. The molecular formula is C9H8ClIO. The van der Waals surface area contributed by atoms with Gasteiger partial charge in [-0.1, -0.05) is 11.6 Å². The van der Waals surface area contributed by atoms with E-state index in [-0.39, 0.29) is 5.24 Å². The first-order valence-corrected chi connectivity index (χ1v) is 4.94. The zero-order valence-electron chi connectivity index (χ0n) is 6.82. The molecule has 1 aromatic carbocycles. The molecule has 0 heterocycles. The molecule has 1 nitrogen and oxygen atoms in total. The van der Waals surface area contributed by atoms with Crippen LogP contribution in [0.2, 0.25) is 0 Å². The van der Waals surface area contributed by atoms with Gasteiger partial charge < -0.3 is 0 Å². The number of carbonyl (C=O) groups is 1. The fourth-order valence-corrected chi connectivity index (χ4v) is 1.96. The summed E-state index contributed by atoms with van der Waals surface area (Å²) in [5.41, 5.74) is 2.77. The smallest absolute Gasteiger partial charge is 0.253 e. The highest BCUT2D eigenvalue weighted by molar-refractivity contribution is 14.1. The van der Waals surface area contributed by atoms with Crippen LogP contribution >= 0.6 is 34.2 Å². The Morgan fingerprint density at radius 2 is 2.00 bits per heavy atom. The molecule has 1 aromatic rings. The fourth-order valence-electron chi connectivity index (χ4n) is 1.09. The van der Waals surface area contributed by atoms with Crippen LogP contribution in [-0.4, -0.2) is 5.24 Å². The lowest BCUT2D eigenvalue weighted by Crippen LogP contribution is -1.96. The summed E-state index contributed by atoms with van der Waals surface area (Å²) in [5, 5.41) is -0.383. The normalized spacial score (nSPS) is 10.0. The van der Waals surface area contributed by atoms with Crippen molar-refractivity contribution < 1.29 is 4.79 Å². The molecule has 64 valence electrons. The summed E-state index contributed by atoms with van der Waals surface area (Å²) in [5.74, 6) is 0. The van der Waals surface area contributed by atoms with Gasteiger partial charge in [0, 0.05) is 9.13 Å². The minimum atomic E-state index is -0.383. The van der Waals surface area contributed by atoms with E-state index in [9.17, 15) is 4.79 Å². The van der Waals surface area contributed by atoms with Crippen molar-refractivity contribution in [2.24, 2.45) is 0 Å². The third kappa shape index (κ3) is 1.98. The van der Waals surface area contributed by atoms with E-state index in [1.165, 1.54) is 0 Å². The van der Waals surface area contributed by atoms with E-state index in [4.69, 9.17) is 11.6 Å². The largest absolute Gasteiger partial charge is 0.276 e. The number of carbonyl (C=O) groups excluding carboxylic acids is 1. The molecule has 1 rings (SSSR count). The maximum Gasteiger partial charge on any atom is 0.253 e. The monoisotopic (exact) mass is 294 g/mol. The standard InChI is InChI=1S/C9H8ClIO/c1-5-3-6(2)8(11)7(4-5)9(10)12/h3-4H,1-2H3. The molecule has 0 aliphatic heterocycles. The van der Waals surface area contributed by atoms with Gasteiger partial charge in [-0.3, -0.25) is 4.79 Å². The SMILES string of the molecule is Cc1cc(C)c(I)c(C(=O)Cl)c1. The topological polar surface area (TPSA) is 17.1 Å². The van der Waals surface area contributed by atoms with Gasteiger partial charge in [0.2, 0.25) is 0 Å². The third-order valence-electron chi connectivity index (χ3n) is 1.61. The van der Waals surface area contributed by atoms with Crippen molar-refractivity contribution in [1.29, 1.82) is 0 Å². The van der Waals surface area contributed by atoms with Crippen LogP contribution < -0.4 is 0 Å². The van der Waals surface area contributed by atoms with Crippen molar-refractivity contribution in [3.05, 3.63) is 32.4 Å². The second kappa shape index (κ2) is 3.75. The summed E-state index contributed by atoms with van der Waals surface area (Å²) in [7, 11) is 0. The minimum absolute atomic E-state index is 0.383. The Hall–Kier alpha value is -0.0900. The lowest BCUT2D eigenvalue weighted by molar-refractivity contribution is 0.108. The highest BCUT2D eigenvalue weighted by Crippen LogP contribution is 2.20. The number of benzene rings is 1. The zero-order chi connectivity index (χ0) is 9.30. The highest BCUT2D eigenvalue weighted by Gasteiger charge is 2.09. The molecule has 0 fully saturated rings. The maximum atomic E-state index is 10.9. The minimum Gasteiger partial charge on any atom is -0.276 e.